The minimum Gasteiger partial charge on any atom is -0.465 e. The van der Waals surface area contributed by atoms with Gasteiger partial charge in [0.05, 0.1) is 25.4 Å². The fraction of sp³-hybridized carbons (Fsp3) is 0.455. The molecule has 0 saturated carbocycles. The summed E-state index contributed by atoms with van der Waals surface area (Å²) in [4.78, 5) is 0. The molecule has 2 aromatic rings. The fourth-order valence-corrected chi connectivity index (χ4v) is 1.53. The molecule has 92 valence electrons. The third-order valence-corrected chi connectivity index (χ3v) is 2.32. The second-order valence-corrected chi connectivity index (χ2v) is 3.81. The van der Waals surface area contributed by atoms with Crippen molar-refractivity contribution in [2.45, 2.75) is 26.6 Å². The summed E-state index contributed by atoms with van der Waals surface area (Å²) in [5.41, 5.74) is 0.849. The van der Waals surface area contributed by atoms with E-state index in [4.69, 9.17) is 9.52 Å². The maximum atomic E-state index is 8.74. The molecule has 0 radical (unpaired) electrons. The van der Waals surface area contributed by atoms with Gasteiger partial charge < -0.3 is 14.8 Å². The lowest BCUT2D eigenvalue weighted by atomic mass is 10.4. The zero-order valence-electron chi connectivity index (χ0n) is 9.76. The smallest absolute Gasteiger partial charge is 0.117 e. The van der Waals surface area contributed by atoms with E-state index in [1.807, 2.05) is 25.3 Å². The number of aryl methyl sites for hydroxylation is 1. The monoisotopic (exact) mass is 236 g/mol. The summed E-state index contributed by atoms with van der Waals surface area (Å²) in [5, 5.41) is 19.8. The molecule has 0 fully saturated rings. The molecule has 17 heavy (non-hydrogen) atoms. The SMILES string of the molecule is Cc1ccc(CNCc2cn(CCO)nn2)o1. The molecule has 0 aliphatic heterocycles. The Bertz CT molecular complexity index is 463. The molecule has 0 amide bonds. The molecule has 0 saturated heterocycles. The van der Waals surface area contributed by atoms with Crippen LogP contribution in [0.15, 0.2) is 22.7 Å². The normalized spacial score (nSPS) is 10.9. The molecule has 6 heteroatoms. The van der Waals surface area contributed by atoms with Crippen LogP contribution in [0.4, 0.5) is 0 Å². The van der Waals surface area contributed by atoms with Crippen molar-refractivity contribution in [1.82, 2.24) is 20.3 Å². The number of aliphatic hydroxyl groups is 1. The number of aromatic nitrogens is 3. The molecule has 2 aromatic heterocycles. The predicted octanol–water partition coefficient (Wildman–Crippen LogP) is 0.462. The van der Waals surface area contributed by atoms with Crippen LogP contribution in [0.5, 0.6) is 0 Å². The number of rotatable bonds is 6. The van der Waals surface area contributed by atoms with Crippen LogP contribution < -0.4 is 5.32 Å². The topological polar surface area (TPSA) is 76.1 Å². The molecule has 2 rings (SSSR count). The molecule has 0 spiro atoms. The molecule has 0 aliphatic rings. The largest absolute Gasteiger partial charge is 0.465 e. The lowest BCUT2D eigenvalue weighted by Crippen LogP contribution is -2.12. The lowest BCUT2D eigenvalue weighted by Gasteiger charge is -1.98. The highest BCUT2D eigenvalue weighted by molar-refractivity contribution is 5.05. The predicted molar refractivity (Wildman–Crippen MR) is 61.1 cm³/mol. The Morgan fingerprint density at radius 2 is 2.29 bits per heavy atom. The van der Waals surface area contributed by atoms with Gasteiger partial charge in [-0.15, -0.1) is 5.10 Å². The molecule has 0 atom stereocenters. The maximum absolute atomic E-state index is 8.74. The number of nitrogens with one attached hydrogen (secondary N) is 1. The highest BCUT2D eigenvalue weighted by atomic mass is 16.3. The van der Waals surface area contributed by atoms with Crippen molar-refractivity contribution in [3.05, 3.63) is 35.5 Å². The van der Waals surface area contributed by atoms with E-state index in [9.17, 15) is 0 Å². The van der Waals surface area contributed by atoms with Crippen LogP contribution in [0, 0.1) is 6.92 Å². The van der Waals surface area contributed by atoms with Gasteiger partial charge in [-0.25, -0.2) is 4.68 Å². The van der Waals surface area contributed by atoms with Gasteiger partial charge >= 0.3 is 0 Å². The molecule has 0 aliphatic carbocycles. The van der Waals surface area contributed by atoms with E-state index in [-0.39, 0.29) is 6.61 Å². The van der Waals surface area contributed by atoms with E-state index in [1.54, 1.807) is 4.68 Å². The summed E-state index contributed by atoms with van der Waals surface area (Å²) in [7, 11) is 0. The Morgan fingerprint density at radius 3 is 3.00 bits per heavy atom. The van der Waals surface area contributed by atoms with Crippen LogP contribution in [0.3, 0.4) is 0 Å². The standard InChI is InChI=1S/C11H16N4O2/c1-9-2-3-11(17-9)7-12-6-10-8-15(4-5-16)14-13-10/h2-3,8,12,16H,4-7H2,1H3. The first-order valence-corrected chi connectivity index (χ1v) is 5.54. The minimum absolute atomic E-state index is 0.0713. The third-order valence-electron chi connectivity index (χ3n) is 2.32. The summed E-state index contributed by atoms with van der Waals surface area (Å²) in [6.45, 7) is 3.77. The number of hydrogen-bond acceptors (Lipinski definition) is 5. The van der Waals surface area contributed by atoms with Gasteiger partial charge in [0.2, 0.25) is 0 Å². The van der Waals surface area contributed by atoms with Gasteiger partial charge in [0.25, 0.3) is 0 Å². The van der Waals surface area contributed by atoms with Crippen molar-refractivity contribution < 1.29 is 9.52 Å². The molecular formula is C11H16N4O2. The zero-order valence-corrected chi connectivity index (χ0v) is 9.76. The summed E-state index contributed by atoms with van der Waals surface area (Å²) in [6, 6.07) is 3.89. The van der Waals surface area contributed by atoms with E-state index in [2.05, 4.69) is 15.6 Å². The first kappa shape index (κ1) is 11.8. The number of furan rings is 1. The van der Waals surface area contributed by atoms with Crippen LogP contribution in [0.2, 0.25) is 0 Å². The quantitative estimate of drug-likeness (QED) is 0.762. The van der Waals surface area contributed by atoms with Crippen molar-refractivity contribution in [2.75, 3.05) is 6.61 Å². The second-order valence-electron chi connectivity index (χ2n) is 3.81. The lowest BCUT2D eigenvalue weighted by molar-refractivity contribution is 0.268. The Labute approximate surface area is 99.2 Å². The van der Waals surface area contributed by atoms with Gasteiger partial charge in [0, 0.05) is 12.7 Å². The second kappa shape index (κ2) is 5.60. The zero-order chi connectivity index (χ0) is 12.1. The fourth-order valence-electron chi connectivity index (χ4n) is 1.53. The molecule has 0 aromatic carbocycles. The summed E-state index contributed by atoms with van der Waals surface area (Å²) in [5.74, 6) is 1.82. The number of nitrogens with zero attached hydrogens (tertiary/aromatic N) is 3. The van der Waals surface area contributed by atoms with E-state index in [1.165, 1.54) is 0 Å². The first-order valence-electron chi connectivity index (χ1n) is 5.54. The van der Waals surface area contributed by atoms with Crippen molar-refractivity contribution in [2.24, 2.45) is 0 Å². The number of hydrogen-bond donors (Lipinski definition) is 2. The minimum atomic E-state index is 0.0713. The number of aliphatic hydroxyl groups excluding tert-OH is 1. The van der Waals surface area contributed by atoms with Crippen molar-refractivity contribution >= 4 is 0 Å². The Kier molecular flexibility index (Phi) is 3.89. The Hall–Kier alpha value is -1.66. The maximum Gasteiger partial charge on any atom is 0.117 e. The van der Waals surface area contributed by atoms with Crippen molar-refractivity contribution in [3.8, 4) is 0 Å². The molecule has 2 heterocycles. The summed E-state index contributed by atoms with van der Waals surface area (Å²) >= 11 is 0. The van der Waals surface area contributed by atoms with Gasteiger partial charge in [0.1, 0.15) is 11.5 Å². The van der Waals surface area contributed by atoms with Crippen LogP contribution in [-0.4, -0.2) is 26.7 Å². The first-order chi connectivity index (χ1) is 8.28. The highest BCUT2D eigenvalue weighted by Gasteiger charge is 2.01. The molecular weight excluding hydrogens is 220 g/mol. The van der Waals surface area contributed by atoms with Gasteiger partial charge in [0.15, 0.2) is 0 Å². The average molecular weight is 236 g/mol. The molecule has 6 nitrogen and oxygen atoms in total. The van der Waals surface area contributed by atoms with E-state index >= 15 is 0 Å². The van der Waals surface area contributed by atoms with Crippen LogP contribution >= 0.6 is 0 Å². The van der Waals surface area contributed by atoms with Crippen molar-refractivity contribution in [1.29, 1.82) is 0 Å². The summed E-state index contributed by atoms with van der Waals surface area (Å²) < 4.78 is 7.05. The van der Waals surface area contributed by atoms with E-state index in [0.29, 0.717) is 19.6 Å². The molecule has 2 N–H and O–H groups in total. The highest BCUT2D eigenvalue weighted by Crippen LogP contribution is 2.05. The average Bonchev–Trinajstić information content (AvgIpc) is 2.89. The van der Waals surface area contributed by atoms with Gasteiger partial charge in [-0.2, -0.15) is 0 Å². The van der Waals surface area contributed by atoms with Gasteiger partial charge in [-0.1, -0.05) is 5.21 Å². The van der Waals surface area contributed by atoms with Gasteiger partial charge in [-0.05, 0) is 19.1 Å². The van der Waals surface area contributed by atoms with E-state index < -0.39 is 0 Å². The summed E-state index contributed by atoms with van der Waals surface area (Å²) in [6.07, 6.45) is 1.82. The Morgan fingerprint density at radius 1 is 1.41 bits per heavy atom. The van der Waals surface area contributed by atoms with Crippen LogP contribution in [0.1, 0.15) is 17.2 Å². The van der Waals surface area contributed by atoms with E-state index in [0.717, 1.165) is 17.2 Å². The molecule has 0 bridgehead atoms. The molecule has 0 unspecified atom stereocenters. The third kappa shape index (κ3) is 3.40. The van der Waals surface area contributed by atoms with Crippen LogP contribution in [0.25, 0.3) is 0 Å². The van der Waals surface area contributed by atoms with Gasteiger partial charge in [-0.3, -0.25) is 0 Å². The Balaban J connectivity index is 1.77. The van der Waals surface area contributed by atoms with Crippen molar-refractivity contribution in [3.63, 3.8) is 0 Å². The van der Waals surface area contributed by atoms with Crippen LogP contribution in [-0.2, 0) is 19.6 Å².